The van der Waals surface area contributed by atoms with Crippen molar-refractivity contribution in [2.75, 3.05) is 0 Å². The zero-order valence-corrected chi connectivity index (χ0v) is 13.9. The Balaban J connectivity index is 1.80. The summed E-state index contributed by atoms with van der Waals surface area (Å²) in [5.74, 6) is 1.83. The quantitative estimate of drug-likeness (QED) is 0.694. The van der Waals surface area contributed by atoms with Crippen molar-refractivity contribution in [3.8, 4) is 0 Å². The number of hydrogen-bond donors (Lipinski definition) is 2. The van der Waals surface area contributed by atoms with E-state index in [1.165, 1.54) is 24.8 Å². The summed E-state index contributed by atoms with van der Waals surface area (Å²) >= 11 is 0. The highest BCUT2D eigenvalue weighted by molar-refractivity contribution is 5.67. The van der Waals surface area contributed by atoms with Gasteiger partial charge in [0.25, 0.3) is 0 Å². The fourth-order valence-corrected chi connectivity index (χ4v) is 4.08. The molecule has 0 radical (unpaired) electrons. The van der Waals surface area contributed by atoms with Gasteiger partial charge in [0, 0.05) is 0 Å². The molecule has 0 fully saturated rings. The summed E-state index contributed by atoms with van der Waals surface area (Å²) in [6, 6.07) is 0. The number of aliphatic hydroxyl groups is 1. The standard InChI is InChI=1S/C19H30O3/c1-13-7-10-18-15(11-13)9-8-14(2)17(18)6-4-3-5-16(20)12-19(21)22/h8-9,11,13-14,16-18,20H,3-7,10,12H2,1-2H3,(H,21,22)/t13-,14?,16?,17?,18?/m1/s1. The van der Waals surface area contributed by atoms with Gasteiger partial charge >= 0.3 is 5.97 Å². The molecule has 22 heavy (non-hydrogen) atoms. The van der Waals surface area contributed by atoms with Gasteiger partial charge in [-0.15, -0.1) is 0 Å². The van der Waals surface area contributed by atoms with Gasteiger partial charge in [-0.05, 0) is 54.9 Å². The third kappa shape index (κ3) is 4.70. The predicted molar refractivity (Wildman–Crippen MR) is 88.5 cm³/mol. The molecular weight excluding hydrogens is 276 g/mol. The van der Waals surface area contributed by atoms with Crippen molar-refractivity contribution in [3.63, 3.8) is 0 Å². The molecule has 3 heteroatoms. The molecule has 0 aliphatic heterocycles. The smallest absolute Gasteiger partial charge is 0.305 e. The van der Waals surface area contributed by atoms with E-state index >= 15 is 0 Å². The van der Waals surface area contributed by atoms with E-state index in [1.54, 1.807) is 0 Å². The van der Waals surface area contributed by atoms with Gasteiger partial charge < -0.3 is 10.2 Å². The van der Waals surface area contributed by atoms with Crippen LogP contribution >= 0.6 is 0 Å². The molecule has 0 amide bonds. The van der Waals surface area contributed by atoms with Gasteiger partial charge in [-0.3, -0.25) is 4.79 Å². The zero-order valence-electron chi connectivity index (χ0n) is 13.9. The number of hydrogen-bond acceptors (Lipinski definition) is 2. The molecule has 2 rings (SSSR count). The molecule has 5 atom stereocenters. The maximum Gasteiger partial charge on any atom is 0.305 e. The molecule has 0 aromatic rings. The number of rotatable bonds is 7. The Hall–Kier alpha value is -1.09. The van der Waals surface area contributed by atoms with E-state index in [2.05, 4.69) is 32.1 Å². The average Bonchev–Trinajstić information content (AvgIpc) is 2.44. The van der Waals surface area contributed by atoms with Crippen molar-refractivity contribution in [2.45, 2.75) is 64.9 Å². The summed E-state index contributed by atoms with van der Waals surface area (Å²) in [6.45, 7) is 4.61. The van der Waals surface area contributed by atoms with Gasteiger partial charge in [-0.25, -0.2) is 0 Å². The molecule has 3 nitrogen and oxygen atoms in total. The molecule has 0 spiro atoms. The second-order valence-electron chi connectivity index (χ2n) is 7.25. The molecule has 2 aliphatic carbocycles. The van der Waals surface area contributed by atoms with Gasteiger partial charge in [-0.2, -0.15) is 0 Å². The Morgan fingerprint density at radius 2 is 2.09 bits per heavy atom. The van der Waals surface area contributed by atoms with E-state index in [9.17, 15) is 9.90 Å². The molecule has 0 heterocycles. The summed E-state index contributed by atoms with van der Waals surface area (Å²) in [7, 11) is 0. The molecule has 2 aliphatic rings. The highest BCUT2D eigenvalue weighted by Crippen LogP contribution is 2.43. The van der Waals surface area contributed by atoms with Crippen molar-refractivity contribution >= 4 is 5.97 Å². The topological polar surface area (TPSA) is 57.5 Å². The molecular formula is C19H30O3. The number of carboxylic acid groups (broad SMARTS) is 1. The van der Waals surface area contributed by atoms with E-state index in [-0.39, 0.29) is 6.42 Å². The van der Waals surface area contributed by atoms with Crippen LogP contribution in [0.2, 0.25) is 0 Å². The number of unbranched alkanes of at least 4 members (excludes halogenated alkanes) is 1. The Morgan fingerprint density at radius 1 is 1.32 bits per heavy atom. The lowest BCUT2D eigenvalue weighted by Gasteiger charge is -2.38. The summed E-state index contributed by atoms with van der Waals surface area (Å²) in [4.78, 5) is 10.5. The van der Waals surface area contributed by atoms with E-state index in [1.807, 2.05) is 0 Å². The number of carboxylic acids is 1. The number of carbonyl (C=O) groups is 1. The number of aliphatic carboxylic acids is 1. The molecule has 124 valence electrons. The van der Waals surface area contributed by atoms with Gasteiger partial charge in [0.05, 0.1) is 12.5 Å². The van der Waals surface area contributed by atoms with Crippen LogP contribution in [0.5, 0.6) is 0 Å². The van der Waals surface area contributed by atoms with Crippen LogP contribution in [0.4, 0.5) is 0 Å². The van der Waals surface area contributed by atoms with Crippen LogP contribution < -0.4 is 0 Å². The van der Waals surface area contributed by atoms with Crippen LogP contribution in [0.15, 0.2) is 23.8 Å². The van der Waals surface area contributed by atoms with Crippen LogP contribution in [-0.4, -0.2) is 22.3 Å². The third-order valence-electron chi connectivity index (χ3n) is 5.36. The highest BCUT2D eigenvalue weighted by Gasteiger charge is 2.32. The second kappa shape index (κ2) is 7.96. The lowest BCUT2D eigenvalue weighted by molar-refractivity contribution is -0.139. The predicted octanol–water partition coefficient (Wildman–Crippen LogP) is 4.18. The second-order valence-corrected chi connectivity index (χ2v) is 7.25. The summed E-state index contributed by atoms with van der Waals surface area (Å²) < 4.78 is 0. The van der Waals surface area contributed by atoms with Crippen molar-refractivity contribution in [1.29, 1.82) is 0 Å². The first-order valence-electron chi connectivity index (χ1n) is 8.77. The minimum Gasteiger partial charge on any atom is -0.481 e. The Labute approximate surface area is 134 Å². The molecule has 4 unspecified atom stereocenters. The lowest BCUT2D eigenvalue weighted by atomic mass is 9.67. The first-order chi connectivity index (χ1) is 10.5. The maximum absolute atomic E-state index is 10.5. The molecule has 0 aromatic heterocycles. The number of fused-ring (bicyclic) bond motifs is 1. The molecule has 0 saturated carbocycles. The van der Waals surface area contributed by atoms with E-state index < -0.39 is 12.1 Å². The van der Waals surface area contributed by atoms with Gasteiger partial charge in [0.2, 0.25) is 0 Å². The van der Waals surface area contributed by atoms with Gasteiger partial charge in [-0.1, -0.05) is 44.9 Å². The van der Waals surface area contributed by atoms with Gasteiger partial charge in [0.1, 0.15) is 0 Å². The van der Waals surface area contributed by atoms with E-state index in [4.69, 9.17) is 5.11 Å². The molecule has 0 aromatic carbocycles. The summed E-state index contributed by atoms with van der Waals surface area (Å²) in [5.41, 5.74) is 1.53. The fourth-order valence-electron chi connectivity index (χ4n) is 4.08. The monoisotopic (exact) mass is 306 g/mol. The van der Waals surface area contributed by atoms with Crippen molar-refractivity contribution in [2.24, 2.45) is 23.7 Å². The first-order valence-corrected chi connectivity index (χ1v) is 8.77. The summed E-state index contributed by atoms with van der Waals surface area (Å²) in [5, 5.41) is 18.3. The van der Waals surface area contributed by atoms with E-state index in [0.717, 1.165) is 12.8 Å². The Kier molecular flexibility index (Phi) is 6.25. The SMILES string of the molecule is CC1C=CC2=C[C@H](C)CCC2C1CCCCC(O)CC(=O)O. The van der Waals surface area contributed by atoms with Crippen molar-refractivity contribution < 1.29 is 15.0 Å². The first kappa shape index (κ1) is 17.3. The Bertz CT molecular complexity index is 438. The summed E-state index contributed by atoms with van der Waals surface area (Å²) in [6.07, 6.45) is 12.7. The van der Waals surface area contributed by atoms with Crippen LogP contribution in [0.1, 0.15) is 58.8 Å². The van der Waals surface area contributed by atoms with Crippen LogP contribution in [0.25, 0.3) is 0 Å². The molecule has 0 saturated heterocycles. The zero-order chi connectivity index (χ0) is 16.1. The maximum atomic E-state index is 10.5. The van der Waals surface area contributed by atoms with Crippen LogP contribution in [0.3, 0.4) is 0 Å². The minimum absolute atomic E-state index is 0.129. The molecule has 0 bridgehead atoms. The minimum atomic E-state index is -0.912. The van der Waals surface area contributed by atoms with Crippen LogP contribution in [0, 0.1) is 23.7 Å². The highest BCUT2D eigenvalue weighted by atomic mass is 16.4. The largest absolute Gasteiger partial charge is 0.481 e. The van der Waals surface area contributed by atoms with Crippen molar-refractivity contribution in [1.82, 2.24) is 0 Å². The fraction of sp³-hybridized carbons (Fsp3) is 0.737. The van der Waals surface area contributed by atoms with E-state index in [0.29, 0.717) is 30.1 Å². The number of allylic oxidation sites excluding steroid dienone is 4. The third-order valence-corrected chi connectivity index (χ3v) is 5.36. The van der Waals surface area contributed by atoms with Crippen LogP contribution in [-0.2, 0) is 4.79 Å². The molecule has 2 N–H and O–H groups in total. The average molecular weight is 306 g/mol. The van der Waals surface area contributed by atoms with Crippen molar-refractivity contribution in [3.05, 3.63) is 23.8 Å². The van der Waals surface area contributed by atoms with Gasteiger partial charge in [0.15, 0.2) is 0 Å². The number of aliphatic hydroxyl groups excluding tert-OH is 1. The lowest BCUT2D eigenvalue weighted by Crippen LogP contribution is -2.28. The normalized spacial score (nSPS) is 32.2. The Morgan fingerprint density at radius 3 is 2.82 bits per heavy atom.